The third-order valence-corrected chi connectivity index (χ3v) is 8.58. The van der Waals surface area contributed by atoms with Crippen LogP contribution in [0.5, 0.6) is 0 Å². The Balaban J connectivity index is 1.08. The Morgan fingerprint density at radius 1 is 1.02 bits per heavy atom. The van der Waals surface area contributed by atoms with E-state index in [1.54, 1.807) is 17.2 Å². The number of fused-ring (bicyclic) bond motifs is 2. The van der Waals surface area contributed by atoms with E-state index in [4.69, 9.17) is 10.1 Å². The van der Waals surface area contributed by atoms with Crippen LogP contribution in [-0.2, 0) is 4.79 Å². The molecular formula is C30H29F2N7O3. The average molecular weight is 574 g/mol. The number of rotatable bonds is 6. The first kappa shape index (κ1) is 26.3. The van der Waals surface area contributed by atoms with E-state index in [0.29, 0.717) is 66.9 Å². The number of amides is 2. The molecule has 12 heteroatoms. The zero-order valence-corrected chi connectivity index (χ0v) is 22.7. The summed E-state index contributed by atoms with van der Waals surface area (Å²) in [7, 11) is 0. The second kappa shape index (κ2) is 10.4. The molecule has 4 aromatic rings. The van der Waals surface area contributed by atoms with Crippen molar-refractivity contribution in [2.45, 2.75) is 12.5 Å². The van der Waals surface area contributed by atoms with Gasteiger partial charge >= 0.3 is 0 Å². The van der Waals surface area contributed by atoms with Crippen molar-refractivity contribution >= 4 is 34.7 Å². The molecule has 3 aliphatic rings. The SMILES string of the molecule is O=C(Nc1ccc(N2CCN(C(=O)CO)CC2)cc1)c1cnn2ccc(N3CC4CC4[C@@H]3c3cc(F)ccc3F)nc12. The molecule has 3 atom stereocenters. The van der Waals surface area contributed by atoms with Gasteiger partial charge in [0.25, 0.3) is 5.91 Å². The van der Waals surface area contributed by atoms with Gasteiger partial charge in [-0.25, -0.2) is 18.3 Å². The summed E-state index contributed by atoms with van der Waals surface area (Å²) < 4.78 is 30.3. The summed E-state index contributed by atoms with van der Waals surface area (Å²) in [5.41, 5.74) is 2.57. The highest BCUT2D eigenvalue weighted by Gasteiger charge is 2.54. The largest absolute Gasteiger partial charge is 0.387 e. The first-order chi connectivity index (χ1) is 20.4. The molecule has 0 spiro atoms. The van der Waals surface area contributed by atoms with E-state index in [2.05, 4.69) is 15.3 Å². The van der Waals surface area contributed by atoms with Crippen molar-refractivity contribution < 1.29 is 23.5 Å². The number of halogens is 2. The van der Waals surface area contributed by atoms with Gasteiger partial charge in [-0.2, -0.15) is 5.10 Å². The Bertz CT molecular complexity index is 1670. The number of hydrogen-bond acceptors (Lipinski definition) is 7. The fourth-order valence-corrected chi connectivity index (χ4v) is 6.29. The molecule has 4 heterocycles. The van der Waals surface area contributed by atoms with Crippen LogP contribution in [0, 0.1) is 23.5 Å². The normalized spacial score (nSPS) is 21.5. The molecule has 0 radical (unpaired) electrons. The number of carbonyl (C=O) groups is 2. The molecule has 2 N–H and O–H groups in total. The standard InChI is InChI=1S/C30H29F2N7O3/c31-19-1-6-25(32)23(14-19)28-22-13-18(22)16-38(28)26-7-8-39-29(35-26)24(15-33-39)30(42)34-20-2-4-21(5-3-20)36-9-11-37(12-10-36)27(41)17-40/h1-8,14-15,18,22,28,40H,9-13,16-17H2,(H,34,42)/t18?,22?,28-/m1/s1. The zero-order chi connectivity index (χ0) is 29.0. The van der Waals surface area contributed by atoms with Crippen molar-refractivity contribution in [3.63, 3.8) is 0 Å². The lowest BCUT2D eigenvalue weighted by Gasteiger charge is -2.35. The summed E-state index contributed by atoms with van der Waals surface area (Å²) in [5.74, 6) is -0.314. The Morgan fingerprint density at radius 3 is 2.57 bits per heavy atom. The van der Waals surface area contributed by atoms with Gasteiger partial charge in [0.15, 0.2) is 5.65 Å². The fourth-order valence-electron chi connectivity index (χ4n) is 6.29. The number of aliphatic hydroxyl groups excluding tert-OH is 1. The van der Waals surface area contributed by atoms with E-state index in [9.17, 15) is 18.4 Å². The third kappa shape index (κ3) is 4.71. The van der Waals surface area contributed by atoms with Crippen molar-refractivity contribution in [2.75, 3.05) is 54.4 Å². The van der Waals surface area contributed by atoms with Crippen molar-refractivity contribution in [2.24, 2.45) is 11.8 Å². The number of carbonyl (C=O) groups excluding carboxylic acids is 2. The smallest absolute Gasteiger partial charge is 0.261 e. The van der Waals surface area contributed by atoms with Crippen LogP contribution in [0.15, 0.2) is 60.9 Å². The average Bonchev–Trinajstić information content (AvgIpc) is 3.47. The van der Waals surface area contributed by atoms with Gasteiger partial charge in [-0.1, -0.05) is 0 Å². The summed E-state index contributed by atoms with van der Waals surface area (Å²) in [6.45, 7) is 2.59. The van der Waals surface area contributed by atoms with E-state index in [-0.39, 0.29) is 23.8 Å². The number of piperazine rings is 1. The Kier molecular flexibility index (Phi) is 6.49. The molecule has 2 saturated heterocycles. The van der Waals surface area contributed by atoms with Gasteiger partial charge in [0.05, 0.1) is 12.2 Å². The summed E-state index contributed by atoms with van der Waals surface area (Å²) >= 11 is 0. The number of nitrogens with one attached hydrogen (secondary N) is 1. The minimum atomic E-state index is -0.480. The topological polar surface area (TPSA) is 106 Å². The molecule has 2 aromatic heterocycles. The predicted molar refractivity (Wildman–Crippen MR) is 151 cm³/mol. The van der Waals surface area contributed by atoms with Gasteiger partial charge in [-0.05, 0) is 66.8 Å². The van der Waals surface area contributed by atoms with Gasteiger partial charge in [0, 0.05) is 55.9 Å². The molecule has 2 unspecified atom stereocenters. The Labute approximate surface area is 240 Å². The van der Waals surface area contributed by atoms with Crippen LogP contribution in [0.3, 0.4) is 0 Å². The lowest BCUT2D eigenvalue weighted by atomic mass is 10.0. The van der Waals surface area contributed by atoms with Crippen LogP contribution in [0.4, 0.5) is 26.0 Å². The van der Waals surface area contributed by atoms with Gasteiger partial charge < -0.3 is 25.1 Å². The van der Waals surface area contributed by atoms with Crippen molar-refractivity contribution in [1.82, 2.24) is 19.5 Å². The third-order valence-electron chi connectivity index (χ3n) is 8.58. The first-order valence-corrected chi connectivity index (χ1v) is 14.0. The molecule has 2 amide bonds. The van der Waals surface area contributed by atoms with E-state index < -0.39 is 18.2 Å². The number of anilines is 3. The zero-order valence-electron chi connectivity index (χ0n) is 22.7. The van der Waals surface area contributed by atoms with Crippen LogP contribution in [0.25, 0.3) is 5.65 Å². The van der Waals surface area contributed by atoms with Crippen LogP contribution < -0.4 is 15.1 Å². The van der Waals surface area contributed by atoms with Gasteiger partial charge in [-0.3, -0.25) is 9.59 Å². The highest BCUT2D eigenvalue weighted by molar-refractivity contribution is 6.08. The lowest BCUT2D eigenvalue weighted by molar-refractivity contribution is -0.134. The van der Waals surface area contributed by atoms with E-state index in [0.717, 1.165) is 18.2 Å². The molecule has 10 nitrogen and oxygen atoms in total. The van der Waals surface area contributed by atoms with Crippen LogP contribution in [0.2, 0.25) is 0 Å². The van der Waals surface area contributed by atoms with Crippen LogP contribution >= 0.6 is 0 Å². The van der Waals surface area contributed by atoms with Gasteiger partial charge in [-0.15, -0.1) is 0 Å². The maximum atomic E-state index is 14.8. The molecule has 2 aromatic carbocycles. The molecule has 3 fully saturated rings. The molecule has 0 bridgehead atoms. The van der Waals surface area contributed by atoms with Gasteiger partial charge in [0.1, 0.15) is 29.6 Å². The number of aromatic nitrogens is 3. The monoisotopic (exact) mass is 573 g/mol. The minimum Gasteiger partial charge on any atom is -0.387 e. The van der Waals surface area contributed by atoms with Crippen molar-refractivity contribution in [1.29, 1.82) is 0 Å². The molecule has 1 aliphatic carbocycles. The highest BCUT2D eigenvalue weighted by Crippen LogP contribution is 2.57. The van der Waals surface area contributed by atoms with E-state index in [1.165, 1.54) is 22.8 Å². The number of piperidine rings is 1. The minimum absolute atomic E-state index is 0.238. The number of benzene rings is 2. The van der Waals surface area contributed by atoms with Crippen molar-refractivity contribution in [3.8, 4) is 0 Å². The summed E-state index contributed by atoms with van der Waals surface area (Å²) in [6, 6.07) is 12.5. The molecule has 1 saturated carbocycles. The summed E-state index contributed by atoms with van der Waals surface area (Å²) in [6.07, 6.45) is 4.16. The fraction of sp³-hybridized carbons (Fsp3) is 0.333. The Morgan fingerprint density at radius 2 is 1.81 bits per heavy atom. The second-order valence-corrected chi connectivity index (χ2v) is 11.1. The number of hydrogen-bond donors (Lipinski definition) is 2. The second-order valence-electron chi connectivity index (χ2n) is 11.1. The molecule has 42 heavy (non-hydrogen) atoms. The molecule has 216 valence electrons. The van der Waals surface area contributed by atoms with Crippen molar-refractivity contribution in [3.05, 3.63) is 83.7 Å². The van der Waals surface area contributed by atoms with Crippen LogP contribution in [0.1, 0.15) is 28.4 Å². The molecule has 7 rings (SSSR count). The quantitative estimate of drug-likeness (QED) is 0.365. The predicted octanol–water partition coefficient (Wildman–Crippen LogP) is 3.10. The highest BCUT2D eigenvalue weighted by atomic mass is 19.1. The maximum absolute atomic E-state index is 14.8. The number of nitrogens with zero attached hydrogens (tertiary/aromatic N) is 6. The number of aliphatic hydroxyl groups is 1. The van der Waals surface area contributed by atoms with Crippen LogP contribution in [-0.4, -0.2) is 75.7 Å². The lowest BCUT2D eigenvalue weighted by Crippen LogP contribution is -2.49. The molecule has 2 aliphatic heterocycles. The summed E-state index contributed by atoms with van der Waals surface area (Å²) in [5, 5.41) is 16.3. The van der Waals surface area contributed by atoms with E-state index >= 15 is 0 Å². The van der Waals surface area contributed by atoms with Gasteiger partial charge in [0.2, 0.25) is 5.91 Å². The van der Waals surface area contributed by atoms with E-state index in [1.807, 2.05) is 29.2 Å². The Hall–Kier alpha value is -4.58. The summed E-state index contributed by atoms with van der Waals surface area (Å²) in [4.78, 5) is 35.6. The maximum Gasteiger partial charge on any atom is 0.261 e. The molecular weight excluding hydrogens is 544 g/mol. The first-order valence-electron chi connectivity index (χ1n) is 14.0.